The molecule has 0 saturated carbocycles. The van der Waals surface area contributed by atoms with Gasteiger partial charge in [0.05, 0.1) is 12.2 Å². The first-order valence-corrected chi connectivity index (χ1v) is 12.6. The molecule has 0 bridgehead atoms. The van der Waals surface area contributed by atoms with Crippen molar-refractivity contribution in [1.82, 2.24) is 14.7 Å². The van der Waals surface area contributed by atoms with E-state index in [-0.39, 0.29) is 30.7 Å². The smallest absolute Gasteiger partial charge is 0.250 e. The summed E-state index contributed by atoms with van der Waals surface area (Å²) in [6.07, 6.45) is 3.18. The van der Waals surface area contributed by atoms with E-state index in [2.05, 4.69) is 20.9 Å². The van der Waals surface area contributed by atoms with Gasteiger partial charge in [0.25, 0.3) is 5.91 Å². The van der Waals surface area contributed by atoms with Crippen LogP contribution in [0.15, 0.2) is 76.3 Å². The number of halogens is 3. The van der Waals surface area contributed by atoms with Gasteiger partial charge in [-0.2, -0.15) is 5.10 Å². The fourth-order valence-electron chi connectivity index (χ4n) is 4.69. The molecule has 0 spiro atoms. The lowest BCUT2D eigenvalue weighted by atomic mass is 10.0. The van der Waals surface area contributed by atoms with Gasteiger partial charge < -0.3 is 9.64 Å². The van der Waals surface area contributed by atoms with E-state index in [1.807, 2.05) is 30.5 Å². The fourth-order valence-corrected chi connectivity index (χ4v) is 4.95. The number of aromatic nitrogens is 2. The molecule has 1 saturated heterocycles. The number of hydrogen-bond acceptors (Lipinski definition) is 4. The third kappa shape index (κ3) is 4.60. The number of aliphatic imine (C=N–C) groups is 1. The topological polar surface area (TPSA) is 59.7 Å². The van der Waals surface area contributed by atoms with E-state index in [4.69, 9.17) is 9.84 Å². The number of nitrogens with zero attached hydrogens (tertiary/aromatic N) is 4. The fraction of sp³-hybridized carbons (Fsp3) is 0.179. The Bertz CT molecular complexity index is 1520. The van der Waals surface area contributed by atoms with Gasteiger partial charge in [0.2, 0.25) is 0 Å². The first kappa shape index (κ1) is 23.7. The molecule has 0 radical (unpaired) electrons. The van der Waals surface area contributed by atoms with Crippen LogP contribution in [-0.4, -0.2) is 40.0 Å². The van der Waals surface area contributed by atoms with E-state index >= 15 is 0 Å². The number of benzene rings is 3. The van der Waals surface area contributed by atoms with Gasteiger partial charge in [0.1, 0.15) is 23.9 Å². The molecule has 2 aliphatic heterocycles. The Balaban J connectivity index is 1.34. The average Bonchev–Trinajstić information content (AvgIpc) is 3.62. The molecule has 0 aliphatic carbocycles. The summed E-state index contributed by atoms with van der Waals surface area (Å²) < 4.78 is 37.0. The van der Waals surface area contributed by atoms with Crippen molar-refractivity contribution in [1.29, 1.82) is 0 Å². The summed E-state index contributed by atoms with van der Waals surface area (Å²) in [6, 6.07) is 17.0. The van der Waals surface area contributed by atoms with Gasteiger partial charge in [0, 0.05) is 34.6 Å². The Morgan fingerprint density at radius 1 is 1.05 bits per heavy atom. The van der Waals surface area contributed by atoms with E-state index in [9.17, 15) is 13.6 Å². The lowest BCUT2D eigenvalue weighted by Gasteiger charge is -2.23. The zero-order chi connectivity index (χ0) is 25.5. The molecule has 1 aromatic heterocycles. The molecule has 37 heavy (non-hydrogen) atoms. The largest absolute Gasteiger partial charge is 0.344 e. The van der Waals surface area contributed by atoms with E-state index < -0.39 is 6.23 Å². The van der Waals surface area contributed by atoms with Crippen LogP contribution < -0.4 is 0 Å². The summed E-state index contributed by atoms with van der Waals surface area (Å²) >= 11 is 3.44. The molecule has 1 atom stereocenters. The Morgan fingerprint density at radius 3 is 2.62 bits per heavy atom. The van der Waals surface area contributed by atoms with E-state index in [0.717, 1.165) is 21.3 Å². The zero-order valence-electron chi connectivity index (χ0n) is 19.6. The van der Waals surface area contributed by atoms with E-state index in [1.165, 1.54) is 18.2 Å². The van der Waals surface area contributed by atoms with Gasteiger partial charge >= 0.3 is 0 Å². The highest BCUT2D eigenvalue weighted by molar-refractivity contribution is 9.10. The van der Waals surface area contributed by atoms with Crippen molar-refractivity contribution in [3.05, 3.63) is 105 Å². The van der Waals surface area contributed by atoms with Crippen LogP contribution in [-0.2, 0) is 22.5 Å². The average molecular weight is 563 g/mol. The van der Waals surface area contributed by atoms with Crippen molar-refractivity contribution in [2.75, 3.05) is 13.2 Å². The zero-order valence-corrected chi connectivity index (χ0v) is 21.2. The van der Waals surface area contributed by atoms with Crippen LogP contribution in [0.2, 0.25) is 0 Å². The quantitative estimate of drug-likeness (QED) is 0.307. The number of carbonyl (C=O) groups excluding carboxylic acids is 1. The second-order valence-electron chi connectivity index (χ2n) is 8.97. The normalized spacial score (nSPS) is 16.6. The molecular formula is C28H21BrF2N4O2. The van der Waals surface area contributed by atoms with E-state index in [0.29, 0.717) is 35.3 Å². The molecule has 2 aliphatic rings. The maximum absolute atomic E-state index is 14.7. The van der Waals surface area contributed by atoms with Gasteiger partial charge in [-0.1, -0.05) is 15.9 Å². The Morgan fingerprint density at radius 2 is 1.84 bits per heavy atom. The second-order valence-corrected chi connectivity index (χ2v) is 9.89. The predicted octanol–water partition coefficient (Wildman–Crippen LogP) is 5.61. The van der Waals surface area contributed by atoms with Crippen LogP contribution in [0.4, 0.5) is 8.78 Å². The lowest BCUT2D eigenvalue weighted by molar-refractivity contribution is -0.128. The summed E-state index contributed by atoms with van der Waals surface area (Å²) in [6.45, 7) is 0.667. The van der Waals surface area contributed by atoms with Crippen LogP contribution in [0.5, 0.6) is 0 Å². The second kappa shape index (κ2) is 9.64. The van der Waals surface area contributed by atoms with Crippen molar-refractivity contribution in [3.8, 4) is 16.9 Å². The number of fused-ring (bicyclic) bond motifs is 1. The highest BCUT2D eigenvalue weighted by Crippen LogP contribution is 2.36. The Kier molecular flexibility index (Phi) is 6.18. The molecule has 3 aromatic carbocycles. The van der Waals surface area contributed by atoms with Gasteiger partial charge in [-0.15, -0.1) is 0 Å². The molecule has 1 fully saturated rings. The maximum Gasteiger partial charge on any atom is 0.250 e. The summed E-state index contributed by atoms with van der Waals surface area (Å²) in [5.41, 5.74) is 5.05. The highest BCUT2D eigenvalue weighted by atomic mass is 79.9. The molecule has 3 heterocycles. The van der Waals surface area contributed by atoms with Gasteiger partial charge in [0.15, 0.2) is 6.23 Å². The van der Waals surface area contributed by atoms with Crippen molar-refractivity contribution in [2.24, 2.45) is 4.99 Å². The maximum atomic E-state index is 14.7. The number of ether oxygens (including phenoxy) is 1. The van der Waals surface area contributed by atoms with Crippen molar-refractivity contribution < 1.29 is 18.3 Å². The minimum atomic E-state index is -0.712. The first-order valence-electron chi connectivity index (χ1n) is 11.8. The number of amides is 1. The van der Waals surface area contributed by atoms with Crippen LogP contribution in [0.25, 0.3) is 16.9 Å². The third-order valence-electron chi connectivity index (χ3n) is 6.61. The number of carbonyl (C=O) groups is 1. The molecule has 186 valence electrons. The van der Waals surface area contributed by atoms with Gasteiger partial charge in [-0.05, 0) is 83.8 Å². The van der Waals surface area contributed by atoms with Crippen molar-refractivity contribution >= 4 is 28.1 Å². The summed E-state index contributed by atoms with van der Waals surface area (Å²) in [7, 11) is 0. The SMILES string of the molecule is O=C1COC(c2cn(-c3ccc(Br)cc3)nc2-c2ccc(F)cc2)N1CCc1cc2c(cc1F)CN=C2. The predicted molar refractivity (Wildman–Crippen MR) is 138 cm³/mol. The summed E-state index contributed by atoms with van der Waals surface area (Å²) in [4.78, 5) is 18.7. The van der Waals surface area contributed by atoms with Crippen molar-refractivity contribution in [2.45, 2.75) is 19.2 Å². The van der Waals surface area contributed by atoms with Crippen LogP contribution >= 0.6 is 15.9 Å². The molecule has 4 aromatic rings. The molecule has 0 N–H and O–H groups in total. The molecular weight excluding hydrogens is 542 g/mol. The van der Waals surface area contributed by atoms with Crippen LogP contribution in [0.1, 0.15) is 28.5 Å². The molecule has 1 unspecified atom stereocenters. The van der Waals surface area contributed by atoms with E-state index in [1.54, 1.807) is 34.0 Å². The highest BCUT2D eigenvalue weighted by Gasteiger charge is 2.36. The Labute approximate surface area is 220 Å². The minimum Gasteiger partial charge on any atom is -0.344 e. The Hall–Kier alpha value is -3.69. The van der Waals surface area contributed by atoms with Gasteiger partial charge in [-0.25, -0.2) is 13.5 Å². The lowest BCUT2D eigenvalue weighted by Crippen LogP contribution is -2.31. The molecule has 6 nitrogen and oxygen atoms in total. The third-order valence-corrected chi connectivity index (χ3v) is 7.14. The standard InChI is InChI=1S/C28H21BrF2N4O2/c29-21-3-7-23(8-4-21)35-15-24(27(33-35)17-1-5-22(30)6-2-17)28-34(26(36)16-37-28)10-9-18-11-19-13-32-14-20(19)12-25(18)31/h1-8,11-13,15,28H,9-10,14,16H2. The monoisotopic (exact) mass is 562 g/mol. The summed E-state index contributed by atoms with van der Waals surface area (Å²) in [5.74, 6) is -0.842. The minimum absolute atomic E-state index is 0.0870. The van der Waals surface area contributed by atoms with Crippen LogP contribution in [0, 0.1) is 11.6 Å². The summed E-state index contributed by atoms with van der Waals surface area (Å²) in [5, 5.41) is 4.77. The number of hydrogen-bond donors (Lipinski definition) is 0. The van der Waals surface area contributed by atoms with Crippen molar-refractivity contribution in [3.63, 3.8) is 0 Å². The molecule has 1 amide bonds. The first-order chi connectivity index (χ1) is 18.0. The van der Waals surface area contributed by atoms with Gasteiger partial charge in [-0.3, -0.25) is 9.79 Å². The molecule has 6 rings (SSSR count). The number of rotatable bonds is 6. The van der Waals surface area contributed by atoms with Crippen LogP contribution in [0.3, 0.4) is 0 Å². The molecule has 9 heteroatoms.